The van der Waals surface area contributed by atoms with Gasteiger partial charge in [0.1, 0.15) is 0 Å². The summed E-state index contributed by atoms with van der Waals surface area (Å²) in [5.74, 6) is 0.434. The Labute approximate surface area is 48.4 Å². The van der Waals surface area contributed by atoms with Crippen molar-refractivity contribution in [1.82, 2.24) is 0 Å². The third-order valence-corrected chi connectivity index (χ3v) is 0.679. The summed E-state index contributed by atoms with van der Waals surface area (Å²) in [6.07, 6.45) is 1.48. The highest BCUT2D eigenvalue weighted by Gasteiger charge is 1.80. The number of nitrogens with zero attached hydrogens (tertiary/aromatic N) is 1. The molecular formula is C4H7NOS. The minimum atomic E-state index is 0.434. The fourth-order valence-corrected chi connectivity index (χ4v) is 0.328. The van der Waals surface area contributed by atoms with E-state index in [0.717, 1.165) is 0 Å². The minimum Gasteiger partial charge on any atom is -0.481 e. The predicted octanol–water partition coefficient (Wildman–Crippen LogP) is 1.06. The molecule has 0 N–H and O–H groups in total. The molecule has 0 saturated carbocycles. The first kappa shape index (κ1) is 6.56. The van der Waals surface area contributed by atoms with Crippen molar-refractivity contribution in [2.75, 3.05) is 7.11 Å². The van der Waals surface area contributed by atoms with Crippen LogP contribution in [-0.2, 0) is 4.74 Å². The van der Waals surface area contributed by atoms with E-state index in [1.807, 2.05) is 0 Å². The van der Waals surface area contributed by atoms with Gasteiger partial charge >= 0.3 is 0 Å². The molecule has 0 rings (SSSR count). The van der Waals surface area contributed by atoms with Gasteiger partial charge in [-0.15, -0.1) is 0 Å². The van der Waals surface area contributed by atoms with Crippen LogP contribution in [0.15, 0.2) is 17.1 Å². The van der Waals surface area contributed by atoms with E-state index >= 15 is 0 Å². The zero-order valence-corrected chi connectivity index (χ0v) is 4.98. The number of rotatable bonds is 1. The van der Waals surface area contributed by atoms with E-state index in [1.165, 1.54) is 13.2 Å². The summed E-state index contributed by atoms with van der Waals surface area (Å²) in [7, 11) is 1.51. The molecule has 0 saturated heterocycles. The summed E-state index contributed by atoms with van der Waals surface area (Å²) < 4.78 is 8.00. The van der Waals surface area contributed by atoms with Gasteiger partial charge in [0.05, 0.1) is 7.11 Å². The Bertz CT molecular complexity index is 89.7. The Hall–Kier alpha value is -0.440. The maximum atomic E-state index is 4.60. The van der Waals surface area contributed by atoms with Gasteiger partial charge in [-0.2, -0.15) is 4.40 Å². The van der Waals surface area contributed by atoms with E-state index in [-0.39, 0.29) is 0 Å². The van der Waals surface area contributed by atoms with E-state index in [9.17, 15) is 0 Å². The zero-order chi connectivity index (χ0) is 5.70. The maximum absolute atomic E-state index is 4.60. The van der Waals surface area contributed by atoms with Crippen molar-refractivity contribution in [3.8, 4) is 0 Å². The van der Waals surface area contributed by atoms with E-state index in [2.05, 4.69) is 28.5 Å². The molecule has 40 valence electrons. The molecule has 0 aliphatic carbocycles. The Morgan fingerprint density at radius 3 is 2.57 bits per heavy atom. The van der Waals surface area contributed by atoms with Gasteiger partial charge in [0.2, 0.25) is 5.90 Å². The van der Waals surface area contributed by atoms with Crippen LogP contribution in [0.3, 0.4) is 0 Å². The van der Waals surface area contributed by atoms with E-state index in [4.69, 9.17) is 0 Å². The Balaban J connectivity index is 3.60. The first-order valence-electron chi connectivity index (χ1n) is 1.73. The maximum Gasteiger partial charge on any atom is 0.218 e. The third kappa shape index (κ3) is 2.28. The van der Waals surface area contributed by atoms with E-state index in [0.29, 0.717) is 5.90 Å². The lowest BCUT2D eigenvalue weighted by Crippen LogP contribution is -1.91. The highest BCUT2D eigenvalue weighted by molar-refractivity contribution is 7.79. The second-order valence-electron chi connectivity index (χ2n) is 0.846. The van der Waals surface area contributed by atoms with Crippen LogP contribution in [0.2, 0.25) is 0 Å². The summed E-state index contributed by atoms with van der Waals surface area (Å²) >= 11 is 3.57. The van der Waals surface area contributed by atoms with Crippen molar-refractivity contribution in [2.24, 2.45) is 4.40 Å². The van der Waals surface area contributed by atoms with E-state index in [1.54, 1.807) is 0 Å². The number of ether oxygens (including phenoxy) is 1. The molecular weight excluding hydrogens is 110 g/mol. The normalized spacial score (nSPS) is 10.9. The van der Waals surface area contributed by atoms with Crippen molar-refractivity contribution >= 4 is 18.7 Å². The lowest BCUT2D eigenvalue weighted by Gasteiger charge is -1.90. The average molecular weight is 117 g/mol. The molecule has 0 aromatic heterocycles. The molecule has 0 radical (unpaired) electrons. The quantitative estimate of drug-likeness (QED) is 0.309. The minimum absolute atomic E-state index is 0.434. The lowest BCUT2D eigenvalue weighted by molar-refractivity contribution is 0.408. The Morgan fingerprint density at radius 2 is 2.57 bits per heavy atom. The van der Waals surface area contributed by atoms with Gasteiger partial charge in [0.25, 0.3) is 0 Å². The molecule has 0 aromatic carbocycles. The van der Waals surface area contributed by atoms with Gasteiger partial charge in [-0.3, -0.25) is 0 Å². The smallest absolute Gasteiger partial charge is 0.218 e. The molecule has 0 aliphatic heterocycles. The third-order valence-electron chi connectivity index (χ3n) is 0.482. The highest BCUT2D eigenvalue weighted by atomic mass is 32.1. The van der Waals surface area contributed by atoms with E-state index < -0.39 is 0 Å². The molecule has 0 aromatic rings. The van der Waals surface area contributed by atoms with Crippen molar-refractivity contribution in [2.45, 2.75) is 0 Å². The molecule has 0 spiro atoms. The topological polar surface area (TPSA) is 21.6 Å². The molecule has 7 heavy (non-hydrogen) atoms. The van der Waals surface area contributed by atoms with Crippen LogP contribution in [0, 0.1) is 0 Å². The highest BCUT2D eigenvalue weighted by Crippen LogP contribution is 1.82. The molecule has 0 atom stereocenters. The molecule has 3 heteroatoms. The second kappa shape index (κ2) is 3.74. The van der Waals surface area contributed by atoms with Crippen LogP contribution in [-0.4, -0.2) is 13.0 Å². The van der Waals surface area contributed by atoms with Crippen LogP contribution in [0.5, 0.6) is 0 Å². The lowest BCUT2D eigenvalue weighted by atomic mass is 10.6. The summed E-state index contributed by atoms with van der Waals surface area (Å²) in [4.78, 5) is 0. The largest absolute Gasteiger partial charge is 0.481 e. The summed E-state index contributed by atoms with van der Waals surface area (Å²) in [5, 5.41) is 0. The van der Waals surface area contributed by atoms with Gasteiger partial charge in [0, 0.05) is 0 Å². The van der Waals surface area contributed by atoms with Gasteiger partial charge in [-0.1, -0.05) is 6.58 Å². The van der Waals surface area contributed by atoms with Gasteiger partial charge < -0.3 is 4.74 Å². The Morgan fingerprint density at radius 1 is 2.00 bits per heavy atom. The number of hydrogen-bond donors (Lipinski definition) is 1. The molecule has 0 bridgehead atoms. The van der Waals surface area contributed by atoms with Crippen LogP contribution in [0.1, 0.15) is 0 Å². The fourth-order valence-electron chi connectivity index (χ4n) is 0.165. The van der Waals surface area contributed by atoms with Crippen molar-refractivity contribution < 1.29 is 4.74 Å². The predicted molar refractivity (Wildman–Crippen MR) is 33.6 cm³/mol. The molecule has 2 nitrogen and oxygen atoms in total. The molecule has 0 unspecified atom stereocenters. The molecule has 0 heterocycles. The monoisotopic (exact) mass is 117 g/mol. The molecule has 0 fully saturated rings. The summed E-state index contributed by atoms with van der Waals surface area (Å²) in [6.45, 7) is 3.40. The van der Waals surface area contributed by atoms with Crippen LogP contribution < -0.4 is 0 Å². The SMILES string of the molecule is C=CC(=NS)OC. The number of hydrogen-bond acceptors (Lipinski definition) is 3. The first-order chi connectivity index (χ1) is 3.35. The standard InChI is InChI=1S/C4H7NOS/c1-3-4(5-7)6-2/h3,7H,1H2,2H3. The van der Waals surface area contributed by atoms with Gasteiger partial charge in [-0.25, -0.2) is 0 Å². The van der Waals surface area contributed by atoms with Crippen LogP contribution in [0.25, 0.3) is 0 Å². The van der Waals surface area contributed by atoms with Crippen molar-refractivity contribution in [3.63, 3.8) is 0 Å². The first-order valence-corrected chi connectivity index (χ1v) is 2.13. The van der Waals surface area contributed by atoms with Crippen molar-refractivity contribution in [3.05, 3.63) is 12.7 Å². The van der Waals surface area contributed by atoms with Gasteiger partial charge in [-0.05, 0) is 18.9 Å². The molecule has 0 aliphatic rings. The summed E-state index contributed by atoms with van der Waals surface area (Å²) in [5.41, 5.74) is 0. The van der Waals surface area contributed by atoms with Crippen LogP contribution >= 0.6 is 12.8 Å². The summed E-state index contributed by atoms with van der Waals surface area (Å²) in [6, 6.07) is 0. The fraction of sp³-hybridized carbons (Fsp3) is 0.250. The second-order valence-corrected chi connectivity index (χ2v) is 1.05. The Kier molecular flexibility index (Phi) is 3.50. The van der Waals surface area contributed by atoms with Crippen LogP contribution in [0.4, 0.5) is 0 Å². The average Bonchev–Trinajstić information content (AvgIpc) is 1.72. The molecule has 0 amide bonds. The number of thiol groups is 1. The zero-order valence-electron chi connectivity index (χ0n) is 4.09. The van der Waals surface area contributed by atoms with Crippen molar-refractivity contribution in [1.29, 1.82) is 0 Å². The number of methoxy groups -OCH3 is 1. The van der Waals surface area contributed by atoms with Gasteiger partial charge in [0.15, 0.2) is 0 Å².